The van der Waals surface area contributed by atoms with Gasteiger partial charge in [0.25, 0.3) is 10.1 Å². The van der Waals surface area contributed by atoms with E-state index in [1.165, 1.54) is 64.2 Å². The summed E-state index contributed by atoms with van der Waals surface area (Å²) in [5.74, 6) is -2.00. The normalized spacial score (nSPS) is 21.0. The Morgan fingerprint density at radius 1 is 0.618 bits per heavy atom. The Morgan fingerprint density at radius 2 is 1.13 bits per heavy atom. The molecule has 0 saturated carbocycles. The van der Waals surface area contributed by atoms with E-state index in [1.54, 1.807) is 0 Å². The van der Waals surface area contributed by atoms with Crippen molar-refractivity contribution >= 4 is 22.1 Å². The van der Waals surface area contributed by atoms with Gasteiger partial charge in [-0.2, -0.15) is 8.42 Å². The van der Waals surface area contributed by atoms with Gasteiger partial charge in [-0.05, 0) is 38.5 Å². The predicted octanol–water partition coefficient (Wildman–Crippen LogP) is 8.06. The van der Waals surface area contributed by atoms with Crippen LogP contribution < -0.4 is 0 Å². The van der Waals surface area contributed by atoms with E-state index in [0.717, 1.165) is 70.6 Å². The van der Waals surface area contributed by atoms with Crippen LogP contribution in [0.2, 0.25) is 0 Å². The number of allylic oxidation sites excluding steroid dienone is 4. The monoisotopic (exact) mass is 805 g/mol. The van der Waals surface area contributed by atoms with E-state index in [0.29, 0.717) is 12.8 Å². The van der Waals surface area contributed by atoms with Crippen LogP contribution in [0, 0.1) is 0 Å². The maximum Gasteiger partial charge on any atom is 0.306 e. The molecule has 1 heterocycles. The summed E-state index contributed by atoms with van der Waals surface area (Å²) in [4.78, 5) is 25.3. The quantitative estimate of drug-likeness (QED) is 0.0209. The highest BCUT2D eigenvalue weighted by Crippen LogP contribution is 2.24. The first-order valence-electron chi connectivity index (χ1n) is 21.4. The van der Waals surface area contributed by atoms with Gasteiger partial charge in [-0.1, -0.05) is 147 Å². The minimum absolute atomic E-state index is 0.150. The molecule has 6 atom stereocenters. The van der Waals surface area contributed by atoms with Crippen molar-refractivity contribution in [3.05, 3.63) is 24.3 Å². The first-order chi connectivity index (χ1) is 26.5. The maximum atomic E-state index is 12.8. The van der Waals surface area contributed by atoms with Crippen LogP contribution in [0.25, 0.3) is 0 Å². The molecule has 0 amide bonds. The highest BCUT2D eigenvalue weighted by atomic mass is 32.2. The van der Waals surface area contributed by atoms with Crippen molar-refractivity contribution in [2.45, 2.75) is 211 Å². The number of aliphatic hydroxyl groups is 3. The molecule has 1 aliphatic heterocycles. The molecule has 1 fully saturated rings. The summed E-state index contributed by atoms with van der Waals surface area (Å²) < 4.78 is 53.9. The number of carbonyl (C=O) groups excluding carboxylic acids is 2. The molecule has 12 nitrogen and oxygen atoms in total. The van der Waals surface area contributed by atoms with E-state index >= 15 is 0 Å². The molecular formula is C42H76O12S. The standard InChI is InChI=1S/C42H76O12S/c1-3-5-7-9-11-13-15-17-19-20-22-24-26-28-30-37(43)51-32-35(33-52-42-41(47)40(46)39(45)36(54-42)34-55(48,49)50)53-38(44)31-29-27-25-23-21-18-16-14-12-10-8-6-4-2/h8,10,14,16,35-36,39-42,45-47H,3-7,9,11-13,15,17-34H2,1-2H3,(H,48,49,50)/b10-8-,16-14-. The number of esters is 2. The van der Waals surface area contributed by atoms with Gasteiger partial charge in [-0.3, -0.25) is 14.1 Å². The van der Waals surface area contributed by atoms with Gasteiger partial charge in [0, 0.05) is 12.8 Å². The number of carbonyl (C=O) groups is 2. The molecule has 1 aliphatic rings. The Labute approximate surface area is 332 Å². The molecule has 1 saturated heterocycles. The van der Waals surface area contributed by atoms with Crippen LogP contribution in [0.3, 0.4) is 0 Å². The van der Waals surface area contributed by atoms with Crippen LogP contribution in [-0.4, -0.2) is 96.0 Å². The Hall–Kier alpha value is -1.87. The summed E-state index contributed by atoms with van der Waals surface area (Å²) in [6, 6.07) is 0. The first-order valence-corrected chi connectivity index (χ1v) is 23.0. The topological polar surface area (TPSA) is 186 Å². The smallest absolute Gasteiger partial charge is 0.306 e. The molecule has 322 valence electrons. The van der Waals surface area contributed by atoms with E-state index in [1.807, 2.05) is 0 Å². The fourth-order valence-electron chi connectivity index (χ4n) is 6.42. The van der Waals surface area contributed by atoms with Gasteiger partial charge in [-0.15, -0.1) is 0 Å². The minimum atomic E-state index is -4.60. The lowest BCUT2D eigenvalue weighted by molar-refractivity contribution is -0.297. The summed E-state index contributed by atoms with van der Waals surface area (Å²) in [6.07, 6.45) is 25.1. The number of hydrogen-bond acceptors (Lipinski definition) is 11. The number of hydrogen-bond donors (Lipinski definition) is 4. The van der Waals surface area contributed by atoms with Crippen molar-refractivity contribution in [3.8, 4) is 0 Å². The first kappa shape index (κ1) is 51.1. The lowest BCUT2D eigenvalue weighted by Gasteiger charge is -2.40. The molecule has 6 unspecified atom stereocenters. The Bertz CT molecular complexity index is 1130. The molecule has 13 heteroatoms. The van der Waals surface area contributed by atoms with Crippen LogP contribution in [0.1, 0.15) is 174 Å². The third-order valence-corrected chi connectivity index (χ3v) is 10.5. The summed E-state index contributed by atoms with van der Waals surface area (Å²) in [5.41, 5.74) is 0. The van der Waals surface area contributed by atoms with Gasteiger partial charge >= 0.3 is 11.9 Å². The second kappa shape index (κ2) is 33.1. The largest absolute Gasteiger partial charge is 0.462 e. The molecule has 1 rings (SSSR count). The van der Waals surface area contributed by atoms with Gasteiger partial charge in [0.1, 0.15) is 36.8 Å². The zero-order valence-electron chi connectivity index (χ0n) is 34.0. The molecule has 0 aromatic rings. The fraction of sp³-hybridized carbons (Fsp3) is 0.857. The van der Waals surface area contributed by atoms with Gasteiger partial charge in [0.2, 0.25) is 0 Å². The van der Waals surface area contributed by atoms with Crippen LogP contribution in [-0.2, 0) is 38.7 Å². The van der Waals surface area contributed by atoms with E-state index < -0.39 is 71.2 Å². The molecular weight excluding hydrogens is 729 g/mol. The van der Waals surface area contributed by atoms with Gasteiger partial charge in [-0.25, -0.2) is 0 Å². The average molecular weight is 805 g/mol. The number of aliphatic hydroxyl groups excluding tert-OH is 3. The minimum Gasteiger partial charge on any atom is -0.462 e. The molecule has 0 radical (unpaired) electrons. The second-order valence-corrected chi connectivity index (χ2v) is 16.5. The van der Waals surface area contributed by atoms with Crippen molar-refractivity contribution < 1.29 is 56.8 Å². The van der Waals surface area contributed by atoms with E-state index in [2.05, 4.69) is 38.2 Å². The summed E-state index contributed by atoms with van der Waals surface area (Å²) in [7, 11) is -4.60. The summed E-state index contributed by atoms with van der Waals surface area (Å²) in [6.45, 7) is 3.67. The molecule has 0 aromatic carbocycles. The third kappa shape index (κ3) is 28.2. The number of ether oxygens (including phenoxy) is 4. The predicted molar refractivity (Wildman–Crippen MR) is 215 cm³/mol. The third-order valence-electron chi connectivity index (χ3n) is 9.77. The number of rotatable bonds is 35. The lowest BCUT2D eigenvalue weighted by Crippen LogP contribution is -2.60. The van der Waals surface area contributed by atoms with Crippen molar-refractivity contribution in [2.24, 2.45) is 0 Å². The van der Waals surface area contributed by atoms with Crippen LogP contribution >= 0.6 is 0 Å². The average Bonchev–Trinajstić information content (AvgIpc) is 3.14. The molecule has 0 aliphatic carbocycles. The van der Waals surface area contributed by atoms with Gasteiger partial charge in [0.15, 0.2) is 12.4 Å². The SMILES string of the molecule is CCC/C=C\C/C=C\CCCCCCCC(=O)OC(COC(=O)CCCCCCCCCCCCCCCC)COC1OC(CS(=O)(=O)O)C(O)C(O)C1O. The van der Waals surface area contributed by atoms with Crippen molar-refractivity contribution in [1.29, 1.82) is 0 Å². The molecule has 0 aromatic heterocycles. The zero-order valence-corrected chi connectivity index (χ0v) is 34.9. The zero-order chi connectivity index (χ0) is 40.6. The fourth-order valence-corrected chi connectivity index (χ4v) is 7.11. The van der Waals surface area contributed by atoms with Gasteiger partial charge in [0.05, 0.1) is 6.61 Å². The lowest BCUT2D eigenvalue weighted by atomic mass is 10.00. The van der Waals surface area contributed by atoms with E-state index in [4.69, 9.17) is 18.9 Å². The van der Waals surface area contributed by atoms with Crippen molar-refractivity contribution in [1.82, 2.24) is 0 Å². The van der Waals surface area contributed by atoms with Crippen molar-refractivity contribution in [2.75, 3.05) is 19.0 Å². The molecule has 55 heavy (non-hydrogen) atoms. The van der Waals surface area contributed by atoms with Crippen LogP contribution in [0.5, 0.6) is 0 Å². The summed E-state index contributed by atoms with van der Waals surface area (Å²) >= 11 is 0. The van der Waals surface area contributed by atoms with E-state index in [9.17, 15) is 37.9 Å². The van der Waals surface area contributed by atoms with E-state index in [-0.39, 0.29) is 19.4 Å². The highest BCUT2D eigenvalue weighted by Gasteiger charge is 2.46. The van der Waals surface area contributed by atoms with Gasteiger partial charge < -0.3 is 34.3 Å². The van der Waals surface area contributed by atoms with Crippen molar-refractivity contribution in [3.63, 3.8) is 0 Å². The molecule has 4 N–H and O–H groups in total. The van der Waals surface area contributed by atoms with Crippen LogP contribution in [0.15, 0.2) is 24.3 Å². The Morgan fingerprint density at radius 3 is 1.67 bits per heavy atom. The number of unbranched alkanes of at least 4 members (excludes halogenated alkanes) is 19. The van der Waals surface area contributed by atoms with Crippen LogP contribution in [0.4, 0.5) is 0 Å². The second-order valence-electron chi connectivity index (χ2n) is 15.0. The Balaban J connectivity index is 2.48. The summed E-state index contributed by atoms with van der Waals surface area (Å²) in [5, 5.41) is 30.8. The molecule has 0 bridgehead atoms. The highest BCUT2D eigenvalue weighted by molar-refractivity contribution is 7.85. The molecule has 0 spiro atoms. The maximum absolute atomic E-state index is 12.8. The Kier molecular flexibility index (Phi) is 30.8.